The van der Waals surface area contributed by atoms with Crippen molar-refractivity contribution in [2.75, 3.05) is 19.6 Å². The van der Waals surface area contributed by atoms with Crippen LogP contribution in [0.4, 0.5) is 0 Å². The fourth-order valence-electron chi connectivity index (χ4n) is 3.50. The highest BCUT2D eigenvalue weighted by Gasteiger charge is 2.49. The Bertz CT molecular complexity index is 322. The SMILES string of the molecule is CC1CC(CN)(C(=O)N2CCCC(C)(O)CC2)C1. The average molecular weight is 254 g/mol. The molecule has 2 rings (SSSR count). The van der Waals surface area contributed by atoms with Crippen LogP contribution in [0.1, 0.15) is 46.0 Å². The summed E-state index contributed by atoms with van der Waals surface area (Å²) in [6, 6.07) is 0. The Hall–Kier alpha value is -0.610. The third-order valence-electron chi connectivity index (χ3n) is 4.67. The molecule has 4 heteroatoms. The second kappa shape index (κ2) is 4.82. The van der Waals surface area contributed by atoms with E-state index in [0.29, 0.717) is 25.4 Å². The maximum Gasteiger partial charge on any atom is 0.230 e. The molecule has 0 aromatic carbocycles. The summed E-state index contributed by atoms with van der Waals surface area (Å²) in [5, 5.41) is 10.1. The van der Waals surface area contributed by atoms with Crippen molar-refractivity contribution in [3.8, 4) is 0 Å². The first-order chi connectivity index (χ1) is 8.38. The van der Waals surface area contributed by atoms with Gasteiger partial charge in [0.25, 0.3) is 0 Å². The van der Waals surface area contributed by atoms with Gasteiger partial charge in [0.1, 0.15) is 0 Å². The maximum absolute atomic E-state index is 12.6. The molecule has 1 aliphatic carbocycles. The summed E-state index contributed by atoms with van der Waals surface area (Å²) in [5.74, 6) is 0.841. The molecule has 104 valence electrons. The number of aliphatic hydroxyl groups is 1. The van der Waals surface area contributed by atoms with Crippen LogP contribution in [0.15, 0.2) is 0 Å². The van der Waals surface area contributed by atoms with Crippen molar-refractivity contribution in [3.05, 3.63) is 0 Å². The van der Waals surface area contributed by atoms with Crippen LogP contribution in [0, 0.1) is 11.3 Å². The quantitative estimate of drug-likeness (QED) is 0.776. The van der Waals surface area contributed by atoms with E-state index in [-0.39, 0.29) is 11.3 Å². The molecule has 1 saturated carbocycles. The van der Waals surface area contributed by atoms with E-state index in [0.717, 1.165) is 32.2 Å². The van der Waals surface area contributed by atoms with Crippen LogP contribution in [0.5, 0.6) is 0 Å². The summed E-state index contributed by atoms with van der Waals surface area (Å²) in [6.45, 7) is 5.94. The first-order valence-electron chi connectivity index (χ1n) is 7.10. The van der Waals surface area contributed by atoms with Gasteiger partial charge in [-0.1, -0.05) is 6.92 Å². The van der Waals surface area contributed by atoms with E-state index in [4.69, 9.17) is 5.73 Å². The normalized spacial score (nSPS) is 41.1. The Kier molecular flexibility index (Phi) is 3.70. The number of likely N-dealkylation sites (tertiary alicyclic amines) is 1. The van der Waals surface area contributed by atoms with Crippen LogP contribution < -0.4 is 5.73 Å². The maximum atomic E-state index is 12.6. The van der Waals surface area contributed by atoms with Gasteiger partial charge in [-0.15, -0.1) is 0 Å². The highest BCUT2D eigenvalue weighted by atomic mass is 16.3. The zero-order valence-corrected chi connectivity index (χ0v) is 11.6. The lowest BCUT2D eigenvalue weighted by Gasteiger charge is -2.46. The highest BCUT2D eigenvalue weighted by Crippen LogP contribution is 2.46. The predicted molar refractivity (Wildman–Crippen MR) is 70.9 cm³/mol. The van der Waals surface area contributed by atoms with Crippen LogP contribution in [0.25, 0.3) is 0 Å². The minimum atomic E-state index is -0.613. The molecule has 0 radical (unpaired) electrons. The van der Waals surface area contributed by atoms with Crippen molar-refractivity contribution in [1.29, 1.82) is 0 Å². The molecule has 4 nitrogen and oxygen atoms in total. The van der Waals surface area contributed by atoms with Crippen LogP contribution >= 0.6 is 0 Å². The fraction of sp³-hybridized carbons (Fsp3) is 0.929. The number of rotatable bonds is 2. The molecule has 0 aromatic rings. The molecule has 1 saturated heterocycles. The molecular weight excluding hydrogens is 228 g/mol. The third-order valence-corrected chi connectivity index (χ3v) is 4.67. The lowest BCUT2D eigenvalue weighted by molar-refractivity contribution is -0.149. The topological polar surface area (TPSA) is 66.6 Å². The lowest BCUT2D eigenvalue weighted by atomic mass is 9.62. The molecule has 1 unspecified atom stereocenters. The molecular formula is C14H26N2O2. The van der Waals surface area contributed by atoms with Gasteiger partial charge < -0.3 is 15.7 Å². The van der Waals surface area contributed by atoms with Crippen molar-refractivity contribution in [3.63, 3.8) is 0 Å². The van der Waals surface area contributed by atoms with Crippen molar-refractivity contribution >= 4 is 5.91 Å². The molecule has 1 heterocycles. The summed E-state index contributed by atoms with van der Waals surface area (Å²) in [5.41, 5.74) is 4.92. The van der Waals surface area contributed by atoms with Gasteiger partial charge in [-0.2, -0.15) is 0 Å². The third kappa shape index (κ3) is 2.54. The van der Waals surface area contributed by atoms with E-state index in [1.165, 1.54) is 0 Å². The first-order valence-corrected chi connectivity index (χ1v) is 7.10. The minimum absolute atomic E-state index is 0.223. The van der Waals surface area contributed by atoms with E-state index in [1.54, 1.807) is 0 Å². The van der Waals surface area contributed by atoms with Crippen LogP contribution in [-0.2, 0) is 4.79 Å². The fourth-order valence-corrected chi connectivity index (χ4v) is 3.50. The van der Waals surface area contributed by atoms with Gasteiger partial charge in [-0.25, -0.2) is 0 Å². The van der Waals surface area contributed by atoms with Gasteiger partial charge >= 0.3 is 0 Å². The molecule has 2 fully saturated rings. The average Bonchev–Trinajstić information content (AvgIpc) is 2.45. The highest BCUT2D eigenvalue weighted by molar-refractivity contribution is 5.84. The summed E-state index contributed by atoms with van der Waals surface area (Å²) >= 11 is 0. The van der Waals surface area contributed by atoms with Gasteiger partial charge in [-0.05, 0) is 44.9 Å². The summed E-state index contributed by atoms with van der Waals surface area (Å²) in [4.78, 5) is 14.5. The molecule has 0 spiro atoms. The van der Waals surface area contributed by atoms with Crippen LogP contribution in [0.3, 0.4) is 0 Å². The smallest absolute Gasteiger partial charge is 0.230 e. The summed E-state index contributed by atoms with van der Waals surface area (Å²) in [6.07, 6.45) is 4.19. The Morgan fingerprint density at radius 2 is 2.06 bits per heavy atom. The van der Waals surface area contributed by atoms with Crippen LogP contribution in [0.2, 0.25) is 0 Å². The molecule has 0 aromatic heterocycles. The second-order valence-corrected chi connectivity index (χ2v) is 6.64. The summed E-state index contributed by atoms with van der Waals surface area (Å²) in [7, 11) is 0. The zero-order valence-electron chi connectivity index (χ0n) is 11.6. The van der Waals surface area contributed by atoms with E-state index in [9.17, 15) is 9.90 Å². The van der Waals surface area contributed by atoms with E-state index in [1.807, 2.05) is 11.8 Å². The zero-order chi connectivity index (χ0) is 13.4. The largest absolute Gasteiger partial charge is 0.390 e. The Balaban J connectivity index is 2.01. The molecule has 0 bridgehead atoms. The van der Waals surface area contributed by atoms with Gasteiger partial charge in [0.2, 0.25) is 5.91 Å². The number of nitrogens with zero attached hydrogens (tertiary/aromatic N) is 1. The first kappa shape index (κ1) is 13.8. The standard InChI is InChI=1S/C14H26N2O2/c1-11-8-14(9-11,10-15)12(17)16-6-3-4-13(2,18)5-7-16/h11,18H,3-10,15H2,1-2H3. The number of nitrogens with two attached hydrogens (primary N) is 1. The van der Waals surface area contributed by atoms with E-state index in [2.05, 4.69) is 6.92 Å². The predicted octanol–water partition coefficient (Wildman–Crippen LogP) is 1.12. The minimum Gasteiger partial charge on any atom is -0.390 e. The molecule has 3 N–H and O–H groups in total. The number of carbonyl (C=O) groups excluding carboxylic acids is 1. The second-order valence-electron chi connectivity index (χ2n) is 6.64. The van der Waals surface area contributed by atoms with Gasteiger partial charge in [-0.3, -0.25) is 4.79 Å². The monoisotopic (exact) mass is 254 g/mol. The van der Waals surface area contributed by atoms with Gasteiger partial charge in [0.15, 0.2) is 0 Å². The summed E-state index contributed by atoms with van der Waals surface area (Å²) < 4.78 is 0. The Morgan fingerprint density at radius 3 is 2.61 bits per heavy atom. The molecule has 1 amide bonds. The molecule has 2 aliphatic rings. The molecule has 18 heavy (non-hydrogen) atoms. The molecule has 1 aliphatic heterocycles. The lowest BCUT2D eigenvalue weighted by Crippen LogP contribution is -2.55. The van der Waals surface area contributed by atoms with Gasteiger partial charge in [0, 0.05) is 19.6 Å². The Morgan fingerprint density at radius 1 is 1.39 bits per heavy atom. The number of carbonyl (C=O) groups is 1. The van der Waals surface area contributed by atoms with Gasteiger partial charge in [0.05, 0.1) is 11.0 Å². The van der Waals surface area contributed by atoms with Crippen LogP contribution in [-0.4, -0.2) is 41.1 Å². The number of amides is 1. The van der Waals surface area contributed by atoms with E-state index < -0.39 is 5.60 Å². The van der Waals surface area contributed by atoms with E-state index >= 15 is 0 Å². The molecule has 1 atom stereocenters. The van der Waals surface area contributed by atoms with Crippen molar-refractivity contribution in [1.82, 2.24) is 4.90 Å². The van der Waals surface area contributed by atoms with Crippen molar-refractivity contribution in [2.24, 2.45) is 17.1 Å². The Labute approximate surface area is 110 Å². The number of hydrogen-bond acceptors (Lipinski definition) is 3. The number of hydrogen-bond donors (Lipinski definition) is 2. The van der Waals surface area contributed by atoms with Crippen molar-refractivity contribution in [2.45, 2.75) is 51.6 Å². The van der Waals surface area contributed by atoms with Crippen molar-refractivity contribution < 1.29 is 9.90 Å².